The highest BCUT2D eigenvalue weighted by Crippen LogP contribution is 2.35. The molecule has 0 spiro atoms. The van der Waals surface area contributed by atoms with Crippen LogP contribution in [0.5, 0.6) is 5.75 Å². The lowest BCUT2D eigenvalue weighted by molar-refractivity contribution is 0.414. The van der Waals surface area contributed by atoms with Crippen molar-refractivity contribution in [1.82, 2.24) is 15.0 Å². The molecular weight excluding hydrogens is 372 g/mol. The topological polar surface area (TPSA) is 54.0 Å². The van der Waals surface area contributed by atoms with Gasteiger partial charge in [-0.1, -0.05) is 44.7 Å². The highest BCUT2D eigenvalue weighted by atomic mass is 16.5. The van der Waals surface area contributed by atoms with Crippen molar-refractivity contribution in [3.63, 3.8) is 0 Å². The van der Waals surface area contributed by atoms with Crippen molar-refractivity contribution in [3.05, 3.63) is 82.9 Å². The monoisotopic (exact) mass is 400 g/mol. The summed E-state index contributed by atoms with van der Waals surface area (Å²) in [4.78, 5) is 14.9. The number of ether oxygens (including phenoxy) is 1. The number of nitrogens with one attached hydrogen (secondary N) is 1. The van der Waals surface area contributed by atoms with E-state index in [0.29, 0.717) is 5.92 Å². The Bertz CT molecular complexity index is 1130. The second-order valence-electron chi connectivity index (χ2n) is 7.84. The molecule has 0 fully saturated rings. The molecule has 30 heavy (non-hydrogen) atoms. The molecule has 1 aromatic carbocycles. The number of nitrogens with zero attached hydrogens (tertiary/aromatic N) is 3. The summed E-state index contributed by atoms with van der Waals surface area (Å²) in [6.07, 6.45) is 12.5. The lowest BCUT2D eigenvalue weighted by Crippen LogP contribution is -2.38. The number of aromatic nitrogens is 3. The average molecular weight is 401 g/mol. The Kier molecular flexibility index (Phi) is 5.70. The molecule has 5 heteroatoms. The second-order valence-corrected chi connectivity index (χ2v) is 7.84. The molecule has 1 N–H and O–H groups in total. The van der Waals surface area contributed by atoms with E-state index in [1.807, 2.05) is 24.4 Å². The summed E-state index contributed by atoms with van der Waals surface area (Å²) in [5.74, 6) is 2.18. The summed E-state index contributed by atoms with van der Waals surface area (Å²) in [6, 6.07) is 8.30. The van der Waals surface area contributed by atoms with Crippen LogP contribution in [0, 0.1) is 5.92 Å². The zero-order valence-electron chi connectivity index (χ0n) is 17.8. The van der Waals surface area contributed by atoms with Gasteiger partial charge in [0, 0.05) is 30.0 Å². The number of allylic oxidation sites excluding steroid dienone is 1. The Balaban J connectivity index is 1.94. The standard InChI is InChI=1S/C25H28N4O/c1-5-6-22-21(15-17(2)3)20-11-14-29(23-16-26-12-13-27-23)25(24(20)28-22)18-7-9-19(30-4)10-8-18/h5-10,12-13,15-17,25,28H,1,11,14H2,2-4H3/b21-15-,22-6+. The maximum atomic E-state index is 5.37. The Morgan fingerprint density at radius 3 is 2.67 bits per heavy atom. The lowest BCUT2D eigenvalue weighted by atomic mass is 9.92. The first kappa shape index (κ1) is 20.0. The first-order chi connectivity index (χ1) is 14.6. The van der Waals surface area contributed by atoms with Gasteiger partial charge in [0.15, 0.2) is 0 Å². The van der Waals surface area contributed by atoms with Gasteiger partial charge in [0.25, 0.3) is 0 Å². The van der Waals surface area contributed by atoms with Gasteiger partial charge in [0.1, 0.15) is 11.6 Å². The fourth-order valence-electron chi connectivity index (χ4n) is 4.21. The Hall–Kier alpha value is -3.34. The molecular formula is C25H28N4O. The lowest BCUT2D eigenvalue weighted by Gasteiger charge is -2.37. The van der Waals surface area contributed by atoms with Crippen LogP contribution >= 0.6 is 0 Å². The minimum absolute atomic E-state index is 0.0163. The number of H-pyrrole nitrogens is 1. The van der Waals surface area contributed by atoms with E-state index in [0.717, 1.165) is 29.9 Å². The highest BCUT2D eigenvalue weighted by molar-refractivity contribution is 5.53. The largest absolute Gasteiger partial charge is 0.497 e. The molecule has 0 radical (unpaired) electrons. The normalized spacial score (nSPS) is 17.3. The van der Waals surface area contributed by atoms with Gasteiger partial charge in [-0.3, -0.25) is 4.98 Å². The van der Waals surface area contributed by atoms with Crippen LogP contribution < -0.4 is 20.2 Å². The van der Waals surface area contributed by atoms with E-state index >= 15 is 0 Å². The van der Waals surface area contributed by atoms with Gasteiger partial charge in [-0.2, -0.15) is 0 Å². The minimum atomic E-state index is 0.0163. The summed E-state index contributed by atoms with van der Waals surface area (Å²) >= 11 is 0. The van der Waals surface area contributed by atoms with Crippen LogP contribution in [-0.2, 0) is 6.42 Å². The van der Waals surface area contributed by atoms with Crippen LogP contribution in [0.4, 0.5) is 5.82 Å². The third kappa shape index (κ3) is 3.75. The molecule has 0 aliphatic carbocycles. The van der Waals surface area contributed by atoms with Crippen molar-refractivity contribution in [2.24, 2.45) is 5.92 Å². The molecule has 3 heterocycles. The zero-order valence-corrected chi connectivity index (χ0v) is 17.8. The molecule has 1 aliphatic rings. The van der Waals surface area contributed by atoms with Gasteiger partial charge in [-0.05, 0) is 46.9 Å². The van der Waals surface area contributed by atoms with E-state index in [9.17, 15) is 0 Å². The number of hydrogen-bond acceptors (Lipinski definition) is 4. The molecule has 4 rings (SSSR count). The molecule has 1 aliphatic heterocycles. The van der Waals surface area contributed by atoms with Crippen molar-refractivity contribution in [3.8, 4) is 5.75 Å². The van der Waals surface area contributed by atoms with Crippen molar-refractivity contribution in [2.45, 2.75) is 26.3 Å². The van der Waals surface area contributed by atoms with E-state index in [1.54, 1.807) is 19.5 Å². The Morgan fingerprint density at radius 2 is 2.03 bits per heavy atom. The molecule has 5 nitrogen and oxygen atoms in total. The number of rotatable bonds is 5. The van der Waals surface area contributed by atoms with Crippen LogP contribution in [-0.4, -0.2) is 28.6 Å². The Morgan fingerprint density at radius 1 is 1.23 bits per heavy atom. The van der Waals surface area contributed by atoms with Crippen molar-refractivity contribution >= 4 is 18.0 Å². The number of benzene rings is 1. The summed E-state index contributed by atoms with van der Waals surface area (Å²) in [6.45, 7) is 9.21. The number of fused-ring (bicyclic) bond motifs is 1. The second kappa shape index (κ2) is 8.57. The zero-order chi connectivity index (χ0) is 21.1. The van der Waals surface area contributed by atoms with Gasteiger partial charge in [0.05, 0.1) is 19.3 Å². The molecule has 3 aromatic rings. The van der Waals surface area contributed by atoms with Gasteiger partial charge in [0.2, 0.25) is 0 Å². The van der Waals surface area contributed by atoms with Crippen LogP contribution in [0.1, 0.15) is 36.7 Å². The van der Waals surface area contributed by atoms with Crippen LogP contribution in [0.25, 0.3) is 12.2 Å². The highest BCUT2D eigenvalue weighted by Gasteiger charge is 2.32. The van der Waals surface area contributed by atoms with Crippen LogP contribution in [0.15, 0.2) is 55.5 Å². The molecule has 0 amide bonds. The summed E-state index contributed by atoms with van der Waals surface area (Å²) in [5.41, 5.74) is 3.76. The van der Waals surface area contributed by atoms with Gasteiger partial charge >= 0.3 is 0 Å². The smallest absolute Gasteiger partial charge is 0.147 e. The van der Waals surface area contributed by atoms with E-state index in [-0.39, 0.29) is 6.04 Å². The first-order valence-corrected chi connectivity index (χ1v) is 10.3. The predicted octanol–water partition coefficient (Wildman–Crippen LogP) is 3.37. The molecule has 2 aromatic heterocycles. The summed E-state index contributed by atoms with van der Waals surface area (Å²) in [5, 5.41) is 2.40. The Labute approximate surface area is 177 Å². The molecule has 1 unspecified atom stereocenters. The van der Waals surface area contributed by atoms with E-state index < -0.39 is 0 Å². The SMILES string of the molecule is C=C/C=c1/[nH]c2c(/c1=C/C(C)C)CCN(c1cnccn1)C2c1ccc(OC)cc1. The number of methoxy groups -OCH3 is 1. The predicted molar refractivity (Wildman–Crippen MR) is 122 cm³/mol. The molecule has 0 bridgehead atoms. The van der Waals surface area contributed by atoms with Gasteiger partial charge in [-0.15, -0.1) is 0 Å². The average Bonchev–Trinajstić information content (AvgIpc) is 3.10. The van der Waals surface area contributed by atoms with Gasteiger partial charge in [-0.25, -0.2) is 4.98 Å². The summed E-state index contributed by atoms with van der Waals surface area (Å²) < 4.78 is 5.37. The fraction of sp³-hybridized carbons (Fsp3) is 0.280. The quantitative estimate of drug-likeness (QED) is 0.714. The third-order valence-corrected chi connectivity index (χ3v) is 5.46. The van der Waals surface area contributed by atoms with E-state index in [2.05, 4.69) is 64.6 Å². The first-order valence-electron chi connectivity index (χ1n) is 10.3. The third-order valence-electron chi connectivity index (χ3n) is 5.46. The van der Waals surface area contributed by atoms with Gasteiger partial charge < -0.3 is 14.6 Å². The van der Waals surface area contributed by atoms with Crippen molar-refractivity contribution < 1.29 is 4.74 Å². The molecule has 154 valence electrons. The van der Waals surface area contributed by atoms with Crippen molar-refractivity contribution in [2.75, 3.05) is 18.6 Å². The molecule has 1 atom stereocenters. The van der Waals surface area contributed by atoms with E-state index in [1.165, 1.54) is 22.0 Å². The molecule has 0 saturated heterocycles. The molecule has 0 saturated carbocycles. The van der Waals surface area contributed by atoms with Crippen LogP contribution in [0.3, 0.4) is 0 Å². The number of hydrogen-bond donors (Lipinski definition) is 1. The van der Waals surface area contributed by atoms with Crippen LogP contribution in [0.2, 0.25) is 0 Å². The van der Waals surface area contributed by atoms with E-state index in [4.69, 9.17) is 4.74 Å². The maximum Gasteiger partial charge on any atom is 0.147 e. The summed E-state index contributed by atoms with van der Waals surface area (Å²) in [7, 11) is 1.69. The fourth-order valence-corrected chi connectivity index (χ4v) is 4.21. The number of anilines is 1. The minimum Gasteiger partial charge on any atom is -0.497 e. The van der Waals surface area contributed by atoms with Crippen molar-refractivity contribution in [1.29, 1.82) is 0 Å². The maximum absolute atomic E-state index is 5.37. The number of aromatic amines is 1.